The minimum atomic E-state index is 0.561. The summed E-state index contributed by atoms with van der Waals surface area (Å²) in [6, 6.07) is 0. The summed E-state index contributed by atoms with van der Waals surface area (Å²) in [5.74, 6) is 2.77. The van der Waals surface area contributed by atoms with E-state index in [4.69, 9.17) is 0 Å². The zero-order valence-electron chi connectivity index (χ0n) is 8.97. The van der Waals surface area contributed by atoms with E-state index in [2.05, 4.69) is 37.4 Å². The second-order valence-electron chi connectivity index (χ2n) is 3.99. The molecular formula is C11H22S2. The van der Waals surface area contributed by atoms with Gasteiger partial charge in [-0.1, -0.05) is 32.6 Å². The second kappa shape index (κ2) is 6.23. The molecular weight excluding hydrogens is 196 g/mol. The van der Waals surface area contributed by atoms with Crippen molar-refractivity contribution in [1.82, 2.24) is 0 Å². The van der Waals surface area contributed by atoms with E-state index in [1.165, 1.54) is 50.0 Å². The molecule has 0 atom stereocenters. The highest BCUT2D eigenvalue weighted by molar-refractivity contribution is 8.18. The van der Waals surface area contributed by atoms with Crippen molar-refractivity contribution in [2.24, 2.45) is 0 Å². The van der Waals surface area contributed by atoms with Gasteiger partial charge in [0.15, 0.2) is 0 Å². The third kappa shape index (κ3) is 4.64. The highest BCUT2D eigenvalue weighted by Gasteiger charge is 2.27. The maximum atomic E-state index is 2.44. The van der Waals surface area contributed by atoms with Crippen LogP contribution in [0, 0.1) is 0 Å². The summed E-state index contributed by atoms with van der Waals surface area (Å²) >= 11 is 4.37. The fourth-order valence-electron chi connectivity index (χ4n) is 1.69. The lowest BCUT2D eigenvalue weighted by molar-refractivity contribution is 0.614. The maximum absolute atomic E-state index is 2.44. The van der Waals surface area contributed by atoms with Crippen LogP contribution in [-0.2, 0) is 0 Å². The van der Waals surface area contributed by atoms with Crippen molar-refractivity contribution in [2.75, 3.05) is 11.5 Å². The summed E-state index contributed by atoms with van der Waals surface area (Å²) in [6.07, 6.45) is 8.49. The van der Waals surface area contributed by atoms with Gasteiger partial charge in [0.25, 0.3) is 0 Å². The number of unbranched alkanes of at least 4 members (excludes halogenated alkanes) is 3. The third-order valence-corrected chi connectivity index (χ3v) is 5.91. The highest BCUT2D eigenvalue weighted by Crippen LogP contribution is 2.45. The van der Waals surface area contributed by atoms with E-state index in [0.717, 1.165) is 0 Å². The van der Waals surface area contributed by atoms with Crippen molar-refractivity contribution in [3.63, 3.8) is 0 Å². The first kappa shape index (κ1) is 11.8. The SMILES string of the molecule is CCCCCCC1(C)SCCCS1. The standard InChI is InChI=1S/C11H22S2/c1-3-4-5-6-8-11(2)12-9-7-10-13-11/h3-10H2,1-2H3. The van der Waals surface area contributed by atoms with Crippen LogP contribution in [0.1, 0.15) is 52.4 Å². The van der Waals surface area contributed by atoms with Crippen molar-refractivity contribution in [3.05, 3.63) is 0 Å². The number of thioether (sulfide) groups is 2. The average Bonchev–Trinajstić information content (AvgIpc) is 2.14. The molecule has 2 heteroatoms. The molecule has 0 spiro atoms. The first-order valence-corrected chi connectivity index (χ1v) is 7.52. The zero-order chi connectivity index (χ0) is 9.57. The number of rotatable bonds is 5. The Morgan fingerprint density at radius 3 is 2.38 bits per heavy atom. The van der Waals surface area contributed by atoms with E-state index < -0.39 is 0 Å². The smallest absolute Gasteiger partial charge is 0.0583 e. The zero-order valence-corrected chi connectivity index (χ0v) is 10.6. The Bertz CT molecular complexity index is 128. The fourth-order valence-corrected chi connectivity index (χ4v) is 4.73. The molecule has 0 bridgehead atoms. The van der Waals surface area contributed by atoms with Gasteiger partial charge >= 0.3 is 0 Å². The van der Waals surface area contributed by atoms with E-state index in [9.17, 15) is 0 Å². The first-order valence-electron chi connectivity index (χ1n) is 5.55. The molecule has 0 amide bonds. The molecule has 0 aromatic heterocycles. The van der Waals surface area contributed by atoms with Gasteiger partial charge in [0, 0.05) is 0 Å². The summed E-state index contributed by atoms with van der Waals surface area (Å²) in [7, 11) is 0. The Morgan fingerprint density at radius 2 is 1.77 bits per heavy atom. The minimum absolute atomic E-state index is 0.561. The molecule has 1 heterocycles. The Hall–Kier alpha value is 0.700. The van der Waals surface area contributed by atoms with Crippen LogP contribution in [0.3, 0.4) is 0 Å². The lowest BCUT2D eigenvalue weighted by atomic mass is 10.1. The molecule has 1 fully saturated rings. The monoisotopic (exact) mass is 218 g/mol. The second-order valence-corrected chi connectivity index (χ2v) is 7.45. The minimum Gasteiger partial charge on any atom is -0.144 e. The molecule has 0 aromatic rings. The van der Waals surface area contributed by atoms with Gasteiger partial charge in [0.1, 0.15) is 0 Å². The van der Waals surface area contributed by atoms with Gasteiger partial charge in [0.2, 0.25) is 0 Å². The Labute approximate surface area is 91.6 Å². The molecule has 0 unspecified atom stereocenters. The van der Waals surface area contributed by atoms with Crippen LogP contribution >= 0.6 is 23.5 Å². The van der Waals surface area contributed by atoms with E-state index >= 15 is 0 Å². The summed E-state index contributed by atoms with van der Waals surface area (Å²) in [5.41, 5.74) is 0. The van der Waals surface area contributed by atoms with Crippen molar-refractivity contribution in [3.8, 4) is 0 Å². The van der Waals surface area contributed by atoms with Crippen LogP contribution < -0.4 is 0 Å². The molecule has 0 aromatic carbocycles. The van der Waals surface area contributed by atoms with Crippen molar-refractivity contribution in [1.29, 1.82) is 0 Å². The van der Waals surface area contributed by atoms with E-state index in [1.54, 1.807) is 0 Å². The quantitative estimate of drug-likeness (QED) is 0.621. The number of hydrogen-bond donors (Lipinski definition) is 0. The van der Waals surface area contributed by atoms with Crippen molar-refractivity contribution >= 4 is 23.5 Å². The summed E-state index contributed by atoms with van der Waals surface area (Å²) in [5, 5.41) is 0. The molecule has 1 saturated heterocycles. The van der Waals surface area contributed by atoms with Crippen LogP contribution in [0.2, 0.25) is 0 Å². The molecule has 0 saturated carbocycles. The summed E-state index contributed by atoms with van der Waals surface area (Å²) in [4.78, 5) is 0. The van der Waals surface area contributed by atoms with Gasteiger partial charge in [0.05, 0.1) is 4.08 Å². The maximum Gasteiger partial charge on any atom is 0.0583 e. The molecule has 1 rings (SSSR count). The van der Waals surface area contributed by atoms with Gasteiger partial charge in [-0.25, -0.2) is 0 Å². The van der Waals surface area contributed by atoms with Crippen LogP contribution in [0.25, 0.3) is 0 Å². The van der Waals surface area contributed by atoms with Gasteiger partial charge in [-0.3, -0.25) is 0 Å². The molecule has 13 heavy (non-hydrogen) atoms. The molecule has 0 radical (unpaired) electrons. The van der Waals surface area contributed by atoms with Gasteiger partial charge < -0.3 is 0 Å². The van der Waals surface area contributed by atoms with Crippen LogP contribution in [-0.4, -0.2) is 15.6 Å². The van der Waals surface area contributed by atoms with Crippen LogP contribution in [0.5, 0.6) is 0 Å². The average molecular weight is 218 g/mol. The van der Waals surface area contributed by atoms with Crippen LogP contribution in [0.15, 0.2) is 0 Å². The Morgan fingerprint density at radius 1 is 1.08 bits per heavy atom. The highest BCUT2D eigenvalue weighted by atomic mass is 32.2. The lowest BCUT2D eigenvalue weighted by Gasteiger charge is -2.32. The molecule has 0 nitrogen and oxygen atoms in total. The molecule has 1 aliphatic rings. The van der Waals surface area contributed by atoms with E-state index in [0.29, 0.717) is 4.08 Å². The molecule has 0 N–H and O–H groups in total. The van der Waals surface area contributed by atoms with Gasteiger partial charge in [-0.15, -0.1) is 23.5 Å². The Kier molecular flexibility index (Phi) is 5.65. The fraction of sp³-hybridized carbons (Fsp3) is 1.00. The largest absolute Gasteiger partial charge is 0.144 e. The van der Waals surface area contributed by atoms with E-state index in [-0.39, 0.29) is 0 Å². The Balaban J connectivity index is 2.10. The summed E-state index contributed by atoms with van der Waals surface area (Å²) in [6.45, 7) is 4.72. The summed E-state index contributed by atoms with van der Waals surface area (Å²) < 4.78 is 0.561. The lowest BCUT2D eigenvalue weighted by Crippen LogP contribution is -2.20. The predicted molar refractivity (Wildman–Crippen MR) is 66.7 cm³/mol. The van der Waals surface area contributed by atoms with Crippen LogP contribution in [0.4, 0.5) is 0 Å². The van der Waals surface area contributed by atoms with Gasteiger partial charge in [-0.05, 0) is 31.3 Å². The van der Waals surface area contributed by atoms with Crippen molar-refractivity contribution < 1.29 is 0 Å². The first-order chi connectivity index (χ1) is 6.27. The van der Waals surface area contributed by atoms with Gasteiger partial charge in [-0.2, -0.15) is 0 Å². The molecule has 1 aliphatic heterocycles. The topological polar surface area (TPSA) is 0 Å². The van der Waals surface area contributed by atoms with Crippen molar-refractivity contribution in [2.45, 2.75) is 56.5 Å². The number of hydrogen-bond acceptors (Lipinski definition) is 2. The predicted octanol–water partition coefficient (Wildman–Crippen LogP) is 4.54. The molecule has 0 aliphatic carbocycles. The normalized spacial score (nSPS) is 21.7. The molecule has 78 valence electrons. The third-order valence-electron chi connectivity index (χ3n) is 2.59. The van der Waals surface area contributed by atoms with E-state index in [1.807, 2.05) is 0 Å².